The molecule has 1 N–H and O–H groups in total. The summed E-state index contributed by atoms with van der Waals surface area (Å²) in [4.78, 5) is 32.8. The molecule has 1 amide bonds. The van der Waals surface area contributed by atoms with Gasteiger partial charge in [0.15, 0.2) is 5.16 Å². The van der Waals surface area contributed by atoms with Crippen LogP contribution >= 0.6 is 23.1 Å². The van der Waals surface area contributed by atoms with Crippen molar-refractivity contribution >= 4 is 39.2 Å². The van der Waals surface area contributed by atoms with Gasteiger partial charge in [0, 0.05) is 4.88 Å². The highest BCUT2D eigenvalue weighted by atomic mass is 32.2. The summed E-state index contributed by atoms with van der Waals surface area (Å²) in [5.74, 6) is -1.02. The molecule has 0 saturated carbocycles. The Labute approximate surface area is 199 Å². The minimum atomic E-state index is -1.01. The Bertz CT molecular complexity index is 1320. The van der Waals surface area contributed by atoms with Crippen LogP contribution in [0.2, 0.25) is 0 Å². The van der Waals surface area contributed by atoms with Crippen molar-refractivity contribution in [1.82, 2.24) is 14.9 Å². The third-order valence-corrected chi connectivity index (χ3v) is 8.29. The molecule has 172 valence electrons. The summed E-state index contributed by atoms with van der Waals surface area (Å²) in [7, 11) is 0. The van der Waals surface area contributed by atoms with Gasteiger partial charge >= 0.3 is 0 Å². The van der Waals surface area contributed by atoms with E-state index in [1.165, 1.54) is 26.8 Å². The molecular formula is C24H25FN4O2S2. The Morgan fingerprint density at radius 1 is 1.36 bits per heavy atom. The lowest BCUT2D eigenvalue weighted by Gasteiger charge is -2.27. The fraction of sp³-hybridized carbons (Fsp3) is 0.417. The Kier molecular flexibility index (Phi) is 6.59. The number of fused-ring (bicyclic) bond motifs is 3. The van der Waals surface area contributed by atoms with Crippen LogP contribution in [0.4, 0.5) is 4.39 Å². The van der Waals surface area contributed by atoms with E-state index >= 15 is 0 Å². The van der Waals surface area contributed by atoms with Crippen molar-refractivity contribution in [1.29, 1.82) is 5.26 Å². The van der Waals surface area contributed by atoms with Crippen molar-refractivity contribution in [2.24, 2.45) is 5.92 Å². The Morgan fingerprint density at radius 3 is 2.79 bits per heavy atom. The molecule has 0 spiro atoms. The number of para-hydroxylation sites is 1. The van der Waals surface area contributed by atoms with Crippen LogP contribution in [0.5, 0.6) is 0 Å². The number of aromatic nitrogens is 2. The van der Waals surface area contributed by atoms with E-state index in [9.17, 15) is 19.2 Å². The van der Waals surface area contributed by atoms with Gasteiger partial charge in [-0.15, -0.1) is 11.3 Å². The normalized spacial score (nSPS) is 15.2. The standard InChI is InChI=1S/C24H25FN4O2S2/c1-14(2)24(3,13-26)28-19(30)12-32-23-27-21-20(15-8-4-7-11-18(15)33-21)22(31)29(23)17-10-6-5-9-16(17)25/h5-6,9-10,14H,4,7-8,11-12H2,1-3H3,(H,28,30). The number of halogens is 1. The second-order valence-electron chi connectivity index (χ2n) is 8.68. The second-order valence-corrected chi connectivity index (χ2v) is 10.7. The van der Waals surface area contributed by atoms with E-state index in [-0.39, 0.29) is 34.0 Å². The number of rotatable bonds is 6. The Hall–Kier alpha value is -2.70. The monoisotopic (exact) mass is 484 g/mol. The maximum absolute atomic E-state index is 14.7. The predicted octanol–water partition coefficient (Wildman–Crippen LogP) is 4.61. The first kappa shape index (κ1) is 23.5. The quantitative estimate of drug-likeness (QED) is 0.408. The number of nitrogens with one attached hydrogen (secondary N) is 1. The number of hydrogen-bond donors (Lipinski definition) is 1. The number of aryl methyl sites for hydroxylation is 2. The minimum absolute atomic E-state index is 0.0541. The molecule has 1 aromatic carbocycles. The number of nitriles is 1. The van der Waals surface area contributed by atoms with E-state index in [0.717, 1.165) is 43.0 Å². The summed E-state index contributed by atoms with van der Waals surface area (Å²) >= 11 is 2.58. The first-order valence-electron chi connectivity index (χ1n) is 10.9. The Morgan fingerprint density at radius 2 is 2.09 bits per heavy atom. The van der Waals surface area contributed by atoms with Crippen molar-refractivity contribution in [2.45, 2.75) is 57.1 Å². The SMILES string of the molecule is CC(C)C(C)(C#N)NC(=O)CSc1nc2sc3c(c2c(=O)n1-c1ccccc1F)CCCC3. The largest absolute Gasteiger partial charge is 0.337 e. The summed E-state index contributed by atoms with van der Waals surface area (Å²) in [5, 5.41) is 13.1. The molecule has 1 aliphatic carbocycles. The van der Waals surface area contributed by atoms with E-state index < -0.39 is 11.4 Å². The number of amides is 1. The van der Waals surface area contributed by atoms with E-state index in [0.29, 0.717) is 10.2 Å². The van der Waals surface area contributed by atoms with Gasteiger partial charge in [0.2, 0.25) is 5.91 Å². The maximum Gasteiger partial charge on any atom is 0.267 e. The number of thioether (sulfide) groups is 1. The molecule has 1 atom stereocenters. The third kappa shape index (κ3) is 4.42. The lowest BCUT2D eigenvalue weighted by atomic mass is 9.90. The van der Waals surface area contributed by atoms with E-state index in [1.807, 2.05) is 13.8 Å². The van der Waals surface area contributed by atoms with Gasteiger partial charge in [0.25, 0.3) is 5.56 Å². The van der Waals surface area contributed by atoms with Crippen molar-refractivity contribution in [3.63, 3.8) is 0 Å². The van der Waals surface area contributed by atoms with Crippen LogP contribution in [0.25, 0.3) is 15.9 Å². The molecule has 0 radical (unpaired) electrons. The van der Waals surface area contributed by atoms with Gasteiger partial charge in [-0.3, -0.25) is 14.2 Å². The molecule has 3 aromatic rings. The molecule has 0 fully saturated rings. The number of carbonyl (C=O) groups is 1. The number of carbonyl (C=O) groups excluding carboxylic acids is 1. The van der Waals surface area contributed by atoms with E-state index in [1.54, 1.807) is 25.1 Å². The Balaban J connectivity index is 1.77. The zero-order chi connectivity index (χ0) is 23.8. The first-order valence-corrected chi connectivity index (χ1v) is 12.7. The zero-order valence-electron chi connectivity index (χ0n) is 18.8. The molecule has 1 unspecified atom stereocenters. The highest BCUT2D eigenvalue weighted by Crippen LogP contribution is 2.35. The van der Waals surface area contributed by atoms with Gasteiger partial charge in [-0.25, -0.2) is 9.37 Å². The zero-order valence-corrected chi connectivity index (χ0v) is 20.4. The number of nitrogens with zero attached hydrogens (tertiary/aromatic N) is 3. The molecule has 0 aliphatic heterocycles. The van der Waals surface area contributed by atoms with Gasteiger partial charge in [-0.1, -0.05) is 37.7 Å². The first-order chi connectivity index (χ1) is 15.7. The van der Waals surface area contributed by atoms with Crippen LogP contribution in [0.3, 0.4) is 0 Å². The van der Waals surface area contributed by atoms with Crippen molar-refractivity contribution in [2.75, 3.05) is 5.75 Å². The molecule has 6 nitrogen and oxygen atoms in total. The van der Waals surface area contributed by atoms with Crippen molar-refractivity contribution in [3.05, 3.63) is 50.9 Å². The average Bonchev–Trinajstić information content (AvgIpc) is 3.17. The van der Waals surface area contributed by atoms with Crippen LogP contribution in [0, 0.1) is 23.1 Å². The predicted molar refractivity (Wildman–Crippen MR) is 130 cm³/mol. The second kappa shape index (κ2) is 9.27. The molecule has 4 rings (SSSR count). The van der Waals surface area contributed by atoms with Gasteiger partial charge in [-0.05, 0) is 56.2 Å². The van der Waals surface area contributed by atoms with E-state index in [4.69, 9.17) is 4.98 Å². The smallest absolute Gasteiger partial charge is 0.267 e. The fourth-order valence-corrected chi connectivity index (χ4v) is 5.99. The number of hydrogen-bond acceptors (Lipinski definition) is 6. The van der Waals surface area contributed by atoms with E-state index in [2.05, 4.69) is 11.4 Å². The molecule has 2 aromatic heterocycles. The molecule has 9 heteroatoms. The molecule has 1 aliphatic rings. The van der Waals surface area contributed by atoms with Gasteiger partial charge < -0.3 is 5.32 Å². The molecule has 33 heavy (non-hydrogen) atoms. The lowest BCUT2D eigenvalue weighted by Crippen LogP contribution is -2.49. The fourth-order valence-electron chi connectivity index (χ4n) is 3.89. The number of benzene rings is 1. The van der Waals surface area contributed by atoms with Crippen LogP contribution in [-0.4, -0.2) is 26.8 Å². The van der Waals surface area contributed by atoms with Crippen LogP contribution < -0.4 is 10.9 Å². The maximum atomic E-state index is 14.7. The highest BCUT2D eigenvalue weighted by molar-refractivity contribution is 7.99. The lowest BCUT2D eigenvalue weighted by molar-refractivity contribution is -0.120. The summed E-state index contributed by atoms with van der Waals surface area (Å²) in [6.45, 7) is 5.40. The molecule has 0 bridgehead atoms. The minimum Gasteiger partial charge on any atom is -0.337 e. The summed E-state index contributed by atoms with van der Waals surface area (Å²) in [5.41, 5.74) is -0.177. The van der Waals surface area contributed by atoms with Crippen LogP contribution in [-0.2, 0) is 17.6 Å². The van der Waals surface area contributed by atoms with Crippen molar-refractivity contribution < 1.29 is 9.18 Å². The van der Waals surface area contributed by atoms with Crippen LogP contribution in [0.15, 0.2) is 34.2 Å². The highest BCUT2D eigenvalue weighted by Gasteiger charge is 2.30. The van der Waals surface area contributed by atoms with Gasteiger partial charge in [-0.2, -0.15) is 5.26 Å². The summed E-state index contributed by atoms with van der Waals surface area (Å²) in [6, 6.07) is 8.23. The van der Waals surface area contributed by atoms with Gasteiger partial charge in [0.05, 0.1) is 22.9 Å². The summed E-state index contributed by atoms with van der Waals surface area (Å²) in [6.07, 6.45) is 3.83. The van der Waals surface area contributed by atoms with Crippen LogP contribution in [0.1, 0.15) is 44.1 Å². The number of thiophene rings is 1. The molecular weight excluding hydrogens is 459 g/mol. The molecule has 2 heterocycles. The topological polar surface area (TPSA) is 87.8 Å². The van der Waals surface area contributed by atoms with Gasteiger partial charge in [0.1, 0.15) is 16.2 Å². The summed E-state index contributed by atoms with van der Waals surface area (Å²) < 4.78 is 16.0. The molecule has 0 saturated heterocycles. The van der Waals surface area contributed by atoms with Crippen molar-refractivity contribution in [3.8, 4) is 11.8 Å². The third-order valence-electron chi connectivity index (χ3n) is 6.17. The average molecular weight is 485 g/mol.